The van der Waals surface area contributed by atoms with Crippen LogP contribution in [0.5, 0.6) is 0 Å². The van der Waals surface area contributed by atoms with Gasteiger partial charge in [-0.3, -0.25) is 4.90 Å². The van der Waals surface area contributed by atoms with Gasteiger partial charge in [0.2, 0.25) is 0 Å². The van der Waals surface area contributed by atoms with Crippen molar-refractivity contribution in [2.24, 2.45) is 0 Å². The van der Waals surface area contributed by atoms with Gasteiger partial charge in [-0.15, -0.1) is 0 Å². The normalized spacial score (nSPS) is 17.2. The second-order valence-electron chi connectivity index (χ2n) is 4.68. The van der Waals surface area contributed by atoms with Crippen LogP contribution in [0.15, 0.2) is 29.8 Å². The molecule has 1 aliphatic heterocycles. The molecular formula is C14H20N2. The highest BCUT2D eigenvalue weighted by Gasteiger charge is 2.11. The molecule has 0 aromatic heterocycles. The first-order chi connectivity index (χ1) is 7.66. The fourth-order valence-electron chi connectivity index (χ4n) is 2.24. The minimum absolute atomic E-state index is 0.904. The van der Waals surface area contributed by atoms with Crippen molar-refractivity contribution in [1.29, 1.82) is 0 Å². The minimum atomic E-state index is 0.904. The van der Waals surface area contributed by atoms with E-state index in [1.807, 2.05) is 12.1 Å². The molecule has 2 nitrogen and oxygen atoms in total. The third kappa shape index (κ3) is 2.45. The summed E-state index contributed by atoms with van der Waals surface area (Å²) in [5, 5.41) is 0. The molecule has 0 saturated carbocycles. The van der Waals surface area contributed by atoms with Gasteiger partial charge in [0.05, 0.1) is 0 Å². The Morgan fingerprint density at radius 2 is 2.12 bits per heavy atom. The highest BCUT2D eigenvalue weighted by atomic mass is 15.1. The molecule has 0 atom stereocenters. The van der Waals surface area contributed by atoms with Gasteiger partial charge in [-0.2, -0.15) is 0 Å². The van der Waals surface area contributed by atoms with Gasteiger partial charge < -0.3 is 5.73 Å². The highest BCUT2D eigenvalue weighted by Crippen LogP contribution is 2.19. The van der Waals surface area contributed by atoms with Gasteiger partial charge in [0.25, 0.3) is 0 Å². The van der Waals surface area contributed by atoms with Crippen molar-refractivity contribution in [1.82, 2.24) is 4.90 Å². The Kier molecular flexibility index (Phi) is 3.30. The zero-order valence-electron chi connectivity index (χ0n) is 10.2. The molecule has 0 unspecified atom stereocenters. The van der Waals surface area contributed by atoms with E-state index < -0.39 is 0 Å². The van der Waals surface area contributed by atoms with Crippen LogP contribution in [0.25, 0.3) is 0 Å². The largest absolute Gasteiger partial charge is 0.399 e. The molecule has 1 heterocycles. The highest BCUT2D eigenvalue weighted by molar-refractivity contribution is 5.49. The predicted octanol–water partition coefficient (Wildman–Crippen LogP) is 2.73. The lowest BCUT2D eigenvalue weighted by Crippen LogP contribution is -2.29. The molecule has 1 aromatic rings. The van der Waals surface area contributed by atoms with E-state index in [1.54, 1.807) is 0 Å². The maximum Gasteiger partial charge on any atom is 0.0346 e. The van der Waals surface area contributed by atoms with Crippen LogP contribution < -0.4 is 5.73 Å². The molecular weight excluding hydrogens is 196 g/mol. The molecule has 1 aromatic carbocycles. The summed E-state index contributed by atoms with van der Waals surface area (Å²) in [6.45, 7) is 7.58. The first-order valence-corrected chi connectivity index (χ1v) is 5.89. The predicted molar refractivity (Wildman–Crippen MR) is 69.2 cm³/mol. The van der Waals surface area contributed by atoms with Crippen LogP contribution in [0.1, 0.15) is 24.5 Å². The quantitative estimate of drug-likeness (QED) is 0.608. The third-order valence-corrected chi connectivity index (χ3v) is 3.29. The summed E-state index contributed by atoms with van der Waals surface area (Å²) in [5.41, 5.74) is 10.9. The number of benzene rings is 1. The number of nitrogens with zero attached hydrogens (tertiary/aromatic N) is 1. The Labute approximate surface area is 97.8 Å². The van der Waals surface area contributed by atoms with Gasteiger partial charge in [0.1, 0.15) is 0 Å². The van der Waals surface area contributed by atoms with Crippen LogP contribution in [-0.2, 0) is 6.54 Å². The Morgan fingerprint density at radius 1 is 1.31 bits per heavy atom. The molecule has 0 aliphatic carbocycles. The maximum atomic E-state index is 5.92. The van der Waals surface area contributed by atoms with E-state index in [0.717, 1.165) is 25.3 Å². The summed E-state index contributed by atoms with van der Waals surface area (Å²) >= 11 is 0. The van der Waals surface area contributed by atoms with Gasteiger partial charge in [0.15, 0.2) is 0 Å². The molecule has 16 heavy (non-hydrogen) atoms. The minimum Gasteiger partial charge on any atom is -0.399 e. The number of hydrogen-bond acceptors (Lipinski definition) is 2. The molecule has 2 N–H and O–H groups in total. The van der Waals surface area contributed by atoms with Crippen molar-refractivity contribution in [3.05, 3.63) is 41.0 Å². The second kappa shape index (κ2) is 4.71. The number of rotatable bonds is 2. The molecule has 1 aliphatic rings. The van der Waals surface area contributed by atoms with E-state index in [2.05, 4.69) is 30.9 Å². The van der Waals surface area contributed by atoms with Crippen LogP contribution in [0.4, 0.5) is 5.69 Å². The van der Waals surface area contributed by atoms with Crippen LogP contribution in [0, 0.1) is 6.92 Å². The average molecular weight is 216 g/mol. The van der Waals surface area contributed by atoms with Crippen molar-refractivity contribution in [2.45, 2.75) is 26.8 Å². The summed E-state index contributed by atoms with van der Waals surface area (Å²) in [6.07, 6.45) is 3.51. The fourth-order valence-corrected chi connectivity index (χ4v) is 2.24. The molecule has 2 heteroatoms. The number of nitrogens with two attached hydrogens (primary N) is 1. The van der Waals surface area contributed by atoms with E-state index >= 15 is 0 Å². The van der Waals surface area contributed by atoms with Crippen LogP contribution in [0.2, 0.25) is 0 Å². The standard InChI is InChI=1S/C14H20N2/c1-11-5-4-8-16(9-11)10-13-6-3-7-14(15)12(13)2/h3,5-7H,4,8-10,15H2,1-2H3. The maximum absolute atomic E-state index is 5.92. The molecule has 0 fully saturated rings. The Bertz CT molecular complexity index is 407. The van der Waals surface area contributed by atoms with E-state index in [0.29, 0.717) is 0 Å². The van der Waals surface area contributed by atoms with Gasteiger partial charge >= 0.3 is 0 Å². The molecule has 0 saturated heterocycles. The monoisotopic (exact) mass is 216 g/mol. The summed E-state index contributed by atoms with van der Waals surface area (Å²) in [4.78, 5) is 2.48. The number of hydrogen-bond donors (Lipinski definition) is 1. The third-order valence-electron chi connectivity index (χ3n) is 3.29. The Morgan fingerprint density at radius 3 is 2.88 bits per heavy atom. The summed E-state index contributed by atoms with van der Waals surface area (Å²) < 4.78 is 0. The topological polar surface area (TPSA) is 29.3 Å². The Hall–Kier alpha value is -1.28. The first-order valence-electron chi connectivity index (χ1n) is 5.89. The zero-order valence-corrected chi connectivity index (χ0v) is 10.2. The lowest BCUT2D eigenvalue weighted by atomic mass is 10.0. The molecule has 0 radical (unpaired) electrons. The van der Waals surface area contributed by atoms with Crippen molar-refractivity contribution in [3.8, 4) is 0 Å². The Balaban J connectivity index is 2.09. The van der Waals surface area contributed by atoms with Crippen LogP contribution in [0.3, 0.4) is 0 Å². The molecule has 0 bridgehead atoms. The van der Waals surface area contributed by atoms with Crippen molar-refractivity contribution >= 4 is 5.69 Å². The molecule has 0 spiro atoms. The summed E-state index contributed by atoms with van der Waals surface area (Å²) in [5.74, 6) is 0. The smallest absolute Gasteiger partial charge is 0.0346 e. The van der Waals surface area contributed by atoms with Gasteiger partial charge in [-0.05, 0) is 37.5 Å². The van der Waals surface area contributed by atoms with Gasteiger partial charge in [0, 0.05) is 25.3 Å². The number of anilines is 1. The van der Waals surface area contributed by atoms with E-state index in [4.69, 9.17) is 5.73 Å². The van der Waals surface area contributed by atoms with Crippen molar-refractivity contribution in [3.63, 3.8) is 0 Å². The zero-order chi connectivity index (χ0) is 11.5. The van der Waals surface area contributed by atoms with Crippen molar-refractivity contribution < 1.29 is 0 Å². The fraction of sp³-hybridized carbons (Fsp3) is 0.429. The van der Waals surface area contributed by atoms with E-state index in [1.165, 1.54) is 23.1 Å². The molecule has 86 valence electrons. The molecule has 2 rings (SSSR count). The van der Waals surface area contributed by atoms with E-state index in [-0.39, 0.29) is 0 Å². The van der Waals surface area contributed by atoms with E-state index in [9.17, 15) is 0 Å². The molecule has 0 amide bonds. The lowest BCUT2D eigenvalue weighted by Gasteiger charge is -2.26. The summed E-state index contributed by atoms with van der Waals surface area (Å²) in [6, 6.07) is 6.20. The van der Waals surface area contributed by atoms with Crippen LogP contribution in [-0.4, -0.2) is 18.0 Å². The second-order valence-corrected chi connectivity index (χ2v) is 4.68. The number of nitrogen functional groups attached to an aromatic ring is 1. The van der Waals surface area contributed by atoms with Gasteiger partial charge in [-0.1, -0.05) is 23.8 Å². The SMILES string of the molecule is CC1=CCCN(Cc2cccc(N)c2C)C1. The van der Waals surface area contributed by atoms with Crippen molar-refractivity contribution in [2.75, 3.05) is 18.8 Å². The summed E-state index contributed by atoms with van der Waals surface area (Å²) in [7, 11) is 0. The average Bonchev–Trinajstić information content (AvgIpc) is 2.25. The lowest BCUT2D eigenvalue weighted by molar-refractivity contribution is 0.282. The van der Waals surface area contributed by atoms with Gasteiger partial charge in [-0.25, -0.2) is 0 Å². The van der Waals surface area contributed by atoms with Crippen LogP contribution >= 0.6 is 0 Å². The first kappa shape index (κ1) is 11.2.